The van der Waals surface area contributed by atoms with Gasteiger partial charge in [0, 0.05) is 30.9 Å². The molecule has 164 valence electrons. The van der Waals surface area contributed by atoms with Crippen molar-refractivity contribution in [2.45, 2.75) is 6.92 Å². The van der Waals surface area contributed by atoms with Gasteiger partial charge in [0.2, 0.25) is 17.8 Å². The maximum absolute atomic E-state index is 10.9. The van der Waals surface area contributed by atoms with Gasteiger partial charge in [-0.3, -0.25) is 10.1 Å². The van der Waals surface area contributed by atoms with Crippen LogP contribution >= 0.6 is 0 Å². The molecule has 2 N–H and O–H groups in total. The van der Waals surface area contributed by atoms with Crippen LogP contribution in [-0.2, 0) is 4.74 Å². The van der Waals surface area contributed by atoms with Gasteiger partial charge in [0.15, 0.2) is 0 Å². The number of rotatable bonds is 7. The minimum atomic E-state index is -0.447. The average molecular weight is 434 g/mol. The summed E-state index contributed by atoms with van der Waals surface area (Å²) >= 11 is 0. The van der Waals surface area contributed by atoms with Crippen LogP contribution in [0, 0.1) is 17.0 Å². The SMILES string of the molecule is Cc1ccccc1C=NNc1nc(Nc2ccc([N+](=O)[O-])cc2)nc(N2CCOCC2)n1. The van der Waals surface area contributed by atoms with E-state index in [4.69, 9.17) is 4.74 Å². The number of hydrogen-bond donors (Lipinski definition) is 2. The lowest BCUT2D eigenvalue weighted by atomic mass is 10.1. The van der Waals surface area contributed by atoms with Crippen molar-refractivity contribution >= 4 is 35.4 Å². The zero-order chi connectivity index (χ0) is 22.3. The van der Waals surface area contributed by atoms with Crippen LogP contribution in [0.2, 0.25) is 0 Å². The Bertz CT molecular complexity index is 1110. The first-order valence-electron chi connectivity index (χ1n) is 10.0. The predicted octanol–water partition coefficient (Wildman–Crippen LogP) is 3.11. The molecule has 0 saturated carbocycles. The van der Waals surface area contributed by atoms with Crippen LogP contribution in [0.1, 0.15) is 11.1 Å². The lowest BCUT2D eigenvalue weighted by Gasteiger charge is -2.27. The average Bonchev–Trinajstić information content (AvgIpc) is 2.81. The van der Waals surface area contributed by atoms with Gasteiger partial charge in [-0.15, -0.1) is 0 Å². The molecule has 32 heavy (non-hydrogen) atoms. The topological polar surface area (TPSA) is 131 Å². The Labute approximate surface area is 184 Å². The molecule has 1 aromatic heterocycles. The van der Waals surface area contributed by atoms with Crippen molar-refractivity contribution in [2.75, 3.05) is 41.9 Å². The fourth-order valence-electron chi connectivity index (χ4n) is 3.06. The first kappa shape index (κ1) is 21.1. The zero-order valence-electron chi connectivity index (χ0n) is 17.4. The number of anilines is 4. The van der Waals surface area contributed by atoms with E-state index in [0.29, 0.717) is 43.9 Å². The van der Waals surface area contributed by atoms with E-state index in [2.05, 4.69) is 30.8 Å². The van der Waals surface area contributed by atoms with Gasteiger partial charge >= 0.3 is 0 Å². The van der Waals surface area contributed by atoms with Gasteiger partial charge in [0.1, 0.15) is 0 Å². The van der Waals surface area contributed by atoms with Gasteiger partial charge in [-0.25, -0.2) is 5.43 Å². The molecule has 0 amide bonds. The summed E-state index contributed by atoms with van der Waals surface area (Å²) in [5.74, 6) is 1.06. The number of nitro groups is 1. The molecule has 0 unspecified atom stereocenters. The maximum atomic E-state index is 10.9. The van der Waals surface area contributed by atoms with E-state index in [-0.39, 0.29) is 11.6 Å². The van der Waals surface area contributed by atoms with Crippen LogP contribution in [0.15, 0.2) is 53.6 Å². The van der Waals surface area contributed by atoms with E-state index >= 15 is 0 Å². The smallest absolute Gasteiger partial charge is 0.269 e. The molecule has 1 fully saturated rings. The van der Waals surface area contributed by atoms with Gasteiger partial charge < -0.3 is 15.0 Å². The van der Waals surface area contributed by atoms with Crippen LogP contribution < -0.4 is 15.6 Å². The Hall–Kier alpha value is -4.12. The largest absolute Gasteiger partial charge is 0.378 e. The molecule has 1 aliphatic rings. The molecule has 0 aliphatic carbocycles. The number of aryl methyl sites for hydroxylation is 1. The summed E-state index contributed by atoms with van der Waals surface area (Å²) in [6.45, 7) is 4.50. The highest BCUT2D eigenvalue weighted by Crippen LogP contribution is 2.21. The predicted molar refractivity (Wildman–Crippen MR) is 122 cm³/mol. The highest BCUT2D eigenvalue weighted by Gasteiger charge is 2.17. The summed E-state index contributed by atoms with van der Waals surface area (Å²) in [5.41, 5.74) is 5.57. The highest BCUT2D eigenvalue weighted by molar-refractivity contribution is 5.82. The first-order valence-corrected chi connectivity index (χ1v) is 10.0. The van der Waals surface area contributed by atoms with E-state index in [9.17, 15) is 10.1 Å². The van der Waals surface area contributed by atoms with Crippen molar-refractivity contribution in [3.63, 3.8) is 0 Å². The van der Waals surface area contributed by atoms with E-state index in [1.165, 1.54) is 12.1 Å². The quantitative estimate of drug-likeness (QED) is 0.327. The number of ether oxygens (including phenoxy) is 1. The Morgan fingerprint density at radius 3 is 2.50 bits per heavy atom. The number of nitro benzene ring substituents is 1. The molecule has 2 aromatic carbocycles. The molecule has 2 heterocycles. The maximum Gasteiger partial charge on any atom is 0.269 e. The number of benzene rings is 2. The monoisotopic (exact) mass is 434 g/mol. The third-order valence-corrected chi connectivity index (χ3v) is 4.81. The Balaban J connectivity index is 1.57. The van der Waals surface area contributed by atoms with Crippen LogP contribution in [0.5, 0.6) is 0 Å². The van der Waals surface area contributed by atoms with Crippen molar-refractivity contribution in [1.29, 1.82) is 0 Å². The van der Waals surface area contributed by atoms with Crippen LogP contribution in [-0.4, -0.2) is 52.4 Å². The van der Waals surface area contributed by atoms with E-state index in [0.717, 1.165) is 11.1 Å². The van der Waals surface area contributed by atoms with Gasteiger partial charge in [-0.05, 0) is 30.2 Å². The van der Waals surface area contributed by atoms with Crippen LogP contribution in [0.25, 0.3) is 0 Å². The minimum absolute atomic E-state index is 0.00750. The standard InChI is InChI=1S/C21H22N8O3/c1-15-4-2-3-5-16(15)14-22-27-20-24-19(23-17-6-8-18(9-7-17)29(30)31)25-21(26-20)28-10-12-32-13-11-28/h2-9,14H,10-13H2,1H3,(H2,23,24,25,26,27). The van der Waals surface area contributed by atoms with Gasteiger partial charge in [-0.1, -0.05) is 24.3 Å². The second-order valence-electron chi connectivity index (χ2n) is 7.04. The molecule has 11 heteroatoms. The first-order chi connectivity index (χ1) is 15.6. The van der Waals surface area contributed by atoms with E-state index < -0.39 is 4.92 Å². The van der Waals surface area contributed by atoms with E-state index in [1.807, 2.05) is 36.1 Å². The third-order valence-electron chi connectivity index (χ3n) is 4.81. The highest BCUT2D eigenvalue weighted by atomic mass is 16.6. The Morgan fingerprint density at radius 1 is 1.06 bits per heavy atom. The molecule has 0 bridgehead atoms. The molecule has 0 spiro atoms. The molecule has 1 saturated heterocycles. The minimum Gasteiger partial charge on any atom is -0.378 e. The van der Waals surface area contributed by atoms with Crippen LogP contribution in [0.3, 0.4) is 0 Å². The summed E-state index contributed by atoms with van der Waals surface area (Å²) in [7, 11) is 0. The van der Waals surface area contributed by atoms with Gasteiger partial charge in [0.05, 0.1) is 24.4 Å². The molecule has 11 nitrogen and oxygen atoms in total. The summed E-state index contributed by atoms with van der Waals surface area (Å²) in [6.07, 6.45) is 1.71. The molecule has 0 atom stereocenters. The third kappa shape index (κ3) is 5.32. The number of hydrazone groups is 1. The molecule has 1 aliphatic heterocycles. The summed E-state index contributed by atoms with van der Waals surface area (Å²) in [5, 5.41) is 18.2. The molecule has 3 aromatic rings. The van der Waals surface area contributed by atoms with Crippen molar-refractivity contribution in [1.82, 2.24) is 15.0 Å². The molecule has 0 radical (unpaired) electrons. The summed E-state index contributed by atoms with van der Waals surface area (Å²) in [6, 6.07) is 13.9. The molecular weight excluding hydrogens is 412 g/mol. The number of nitrogens with zero attached hydrogens (tertiary/aromatic N) is 6. The number of hydrogen-bond acceptors (Lipinski definition) is 10. The van der Waals surface area contributed by atoms with Gasteiger partial charge in [0.25, 0.3) is 5.69 Å². The second-order valence-corrected chi connectivity index (χ2v) is 7.04. The Morgan fingerprint density at radius 2 is 1.78 bits per heavy atom. The molecule has 4 rings (SSSR count). The zero-order valence-corrected chi connectivity index (χ0v) is 17.4. The second kappa shape index (κ2) is 9.79. The van der Waals surface area contributed by atoms with Gasteiger partial charge in [-0.2, -0.15) is 20.1 Å². The summed E-state index contributed by atoms with van der Waals surface area (Å²) < 4.78 is 5.41. The normalized spacial score (nSPS) is 13.8. The number of non-ortho nitro benzene ring substituents is 1. The van der Waals surface area contributed by atoms with Crippen molar-refractivity contribution in [3.8, 4) is 0 Å². The fraction of sp³-hybridized carbons (Fsp3) is 0.238. The van der Waals surface area contributed by atoms with E-state index in [1.54, 1.807) is 18.3 Å². The lowest BCUT2D eigenvalue weighted by Crippen LogP contribution is -2.37. The number of nitrogens with one attached hydrogen (secondary N) is 2. The fourth-order valence-corrected chi connectivity index (χ4v) is 3.06. The van der Waals surface area contributed by atoms with Crippen molar-refractivity contribution in [3.05, 3.63) is 69.8 Å². The Kier molecular flexibility index (Phi) is 6.46. The molecular formula is C21H22N8O3. The van der Waals surface area contributed by atoms with Crippen molar-refractivity contribution in [2.24, 2.45) is 5.10 Å². The van der Waals surface area contributed by atoms with Crippen LogP contribution in [0.4, 0.5) is 29.2 Å². The number of aromatic nitrogens is 3. The van der Waals surface area contributed by atoms with Crippen molar-refractivity contribution < 1.29 is 9.66 Å². The summed E-state index contributed by atoms with van der Waals surface area (Å²) in [4.78, 5) is 25.8. The lowest BCUT2D eigenvalue weighted by molar-refractivity contribution is -0.384. The number of morpholine rings is 1.